The molecule has 7 nitrogen and oxygen atoms in total. The van der Waals surface area contributed by atoms with Gasteiger partial charge in [-0.25, -0.2) is 4.68 Å². The first-order valence-electron chi connectivity index (χ1n) is 9.43. The van der Waals surface area contributed by atoms with Gasteiger partial charge in [0.25, 0.3) is 10.7 Å². The summed E-state index contributed by atoms with van der Waals surface area (Å²) >= 11 is 5.32. The van der Waals surface area contributed by atoms with Crippen molar-refractivity contribution >= 4 is 12.2 Å². The van der Waals surface area contributed by atoms with Gasteiger partial charge in [0.2, 0.25) is 0 Å². The minimum absolute atomic E-state index is 0.332. The Morgan fingerprint density at radius 2 is 1.89 bits per heavy atom. The Morgan fingerprint density at radius 1 is 1.14 bits per heavy atom. The van der Waals surface area contributed by atoms with Crippen molar-refractivity contribution in [2.75, 3.05) is 19.8 Å². The number of ether oxygens (including phenoxy) is 2. The first kappa shape index (κ1) is 18.8. The zero-order valence-corrected chi connectivity index (χ0v) is 16.8. The second-order valence-corrected chi connectivity index (χ2v) is 6.88. The molecule has 0 spiro atoms. The third kappa shape index (κ3) is 3.83. The summed E-state index contributed by atoms with van der Waals surface area (Å²) in [5.74, 6) is 2.58. The summed E-state index contributed by atoms with van der Waals surface area (Å²) in [6.07, 6.45) is 2.51. The van der Waals surface area contributed by atoms with Gasteiger partial charge in [0, 0.05) is 13.1 Å². The van der Waals surface area contributed by atoms with Gasteiger partial charge in [0.15, 0.2) is 17.3 Å². The molecule has 28 heavy (non-hydrogen) atoms. The molecule has 0 atom stereocenters. The molecule has 0 N–H and O–H groups in total. The third-order valence-electron chi connectivity index (χ3n) is 4.63. The Labute approximate surface area is 168 Å². The molecular formula is C20H23N3O4S. The van der Waals surface area contributed by atoms with Crippen molar-refractivity contribution in [1.82, 2.24) is 14.7 Å². The summed E-state index contributed by atoms with van der Waals surface area (Å²) < 4.78 is 24.1. The van der Waals surface area contributed by atoms with Crippen molar-refractivity contribution in [2.45, 2.75) is 33.5 Å². The fraction of sp³-hybridized carbons (Fsp3) is 0.400. The number of fused-ring (bicyclic) bond motifs is 1. The van der Waals surface area contributed by atoms with Crippen LogP contribution in [0.2, 0.25) is 0 Å². The highest BCUT2D eigenvalue weighted by Crippen LogP contribution is 2.34. The highest BCUT2D eigenvalue weighted by Gasteiger charge is 2.21. The van der Waals surface area contributed by atoms with Crippen molar-refractivity contribution in [3.05, 3.63) is 46.5 Å². The van der Waals surface area contributed by atoms with Gasteiger partial charge >= 0.3 is 0 Å². The summed E-state index contributed by atoms with van der Waals surface area (Å²) in [6.45, 7) is 7.42. The Kier molecular flexibility index (Phi) is 5.50. The molecule has 4 rings (SSSR count). The molecule has 2 aromatic heterocycles. The van der Waals surface area contributed by atoms with Crippen LogP contribution in [0.15, 0.2) is 39.4 Å². The number of rotatable bonds is 7. The van der Waals surface area contributed by atoms with Crippen LogP contribution in [0.4, 0.5) is 0 Å². The normalized spacial score (nSPS) is 14.1. The topological polar surface area (TPSA) is 65.8 Å². The quantitative estimate of drug-likeness (QED) is 0.548. The van der Waals surface area contributed by atoms with Crippen molar-refractivity contribution < 1.29 is 18.3 Å². The monoisotopic (exact) mass is 401 g/mol. The molecule has 0 radical (unpaired) electrons. The van der Waals surface area contributed by atoms with Gasteiger partial charge in [-0.05, 0) is 67.9 Å². The molecule has 3 aromatic rings. The van der Waals surface area contributed by atoms with Crippen LogP contribution in [-0.2, 0) is 19.6 Å². The maximum absolute atomic E-state index is 5.77. The van der Waals surface area contributed by atoms with E-state index < -0.39 is 0 Å². The van der Waals surface area contributed by atoms with E-state index in [4.69, 9.17) is 30.5 Å². The van der Waals surface area contributed by atoms with E-state index in [9.17, 15) is 0 Å². The summed E-state index contributed by atoms with van der Waals surface area (Å²) in [7, 11) is 0. The van der Waals surface area contributed by atoms with E-state index in [1.807, 2.05) is 13.8 Å². The molecule has 0 bridgehead atoms. The lowest BCUT2D eigenvalue weighted by Crippen LogP contribution is -2.32. The van der Waals surface area contributed by atoms with Gasteiger partial charge < -0.3 is 18.3 Å². The SMILES string of the molecule is CCOc1cc2c(cc1OCC)CN(Cn1nc(-c3ccco3)oc1=S)CC2. The molecule has 0 fully saturated rings. The van der Waals surface area contributed by atoms with Gasteiger partial charge in [0.05, 0.1) is 26.1 Å². The molecule has 0 unspecified atom stereocenters. The lowest BCUT2D eigenvalue weighted by Gasteiger charge is -2.29. The average Bonchev–Trinajstić information content (AvgIpc) is 3.33. The highest BCUT2D eigenvalue weighted by atomic mass is 32.1. The van der Waals surface area contributed by atoms with E-state index in [2.05, 4.69) is 22.1 Å². The van der Waals surface area contributed by atoms with E-state index in [0.717, 1.165) is 31.0 Å². The smallest absolute Gasteiger partial charge is 0.288 e. The number of aromatic nitrogens is 2. The molecule has 1 aliphatic rings. The molecule has 0 saturated heterocycles. The van der Waals surface area contributed by atoms with Crippen molar-refractivity contribution in [2.24, 2.45) is 0 Å². The predicted molar refractivity (Wildman–Crippen MR) is 106 cm³/mol. The molecule has 0 aliphatic carbocycles. The van der Waals surface area contributed by atoms with Gasteiger partial charge in [0.1, 0.15) is 0 Å². The van der Waals surface area contributed by atoms with Crippen LogP contribution < -0.4 is 9.47 Å². The molecular weight excluding hydrogens is 378 g/mol. The average molecular weight is 401 g/mol. The number of hydrogen-bond acceptors (Lipinski definition) is 7. The molecule has 1 aromatic carbocycles. The van der Waals surface area contributed by atoms with Crippen molar-refractivity contribution in [3.63, 3.8) is 0 Å². The van der Waals surface area contributed by atoms with Crippen molar-refractivity contribution in [1.29, 1.82) is 0 Å². The van der Waals surface area contributed by atoms with Gasteiger partial charge in [-0.1, -0.05) is 0 Å². The van der Waals surface area contributed by atoms with E-state index in [0.29, 0.717) is 36.4 Å². The molecule has 1 aliphatic heterocycles. The summed E-state index contributed by atoms with van der Waals surface area (Å²) in [6, 6.07) is 7.79. The Hall–Kier alpha value is -2.58. The van der Waals surface area contributed by atoms with Crippen LogP contribution in [0, 0.1) is 4.84 Å². The first-order chi connectivity index (χ1) is 13.7. The summed E-state index contributed by atoms with van der Waals surface area (Å²) in [5.41, 5.74) is 2.53. The lowest BCUT2D eigenvalue weighted by atomic mass is 9.99. The Morgan fingerprint density at radius 3 is 2.57 bits per heavy atom. The van der Waals surface area contributed by atoms with Crippen molar-refractivity contribution in [3.8, 4) is 23.1 Å². The highest BCUT2D eigenvalue weighted by molar-refractivity contribution is 7.71. The Balaban J connectivity index is 1.53. The standard InChI is InChI=1S/C20H23N3O4S/c1-3-24-17-10-14-7-8-22(12-15(14)11-18(17)25-4-2)13-23-20(28)27-19(21-23)16-6-5-9-26-16/h5-6,9-11H,3-4,7-8,12-13H2,1-2H3. The Bertz CT molecular complexity index is 994. The van der Waals surface area contributed by atoms with Crippen LogP contribution in [0.1, 0.15) is 25.0 Å². The zero-order chi connectivity index (χ0) is 19.5. The molecule has 0 saturated carbocycles. The first-order valence-corrected chi connectivity index (χ1v) is 9.84. The van der Waals surface area contributed by atoms with E-state index >= 15 is 0 Å². The predicted octanol–water partition coefficient (Wildman–Crippen LogP) is 4.28. The van der Waals surface area contributed by atoms with Crippen LogP contribution >= 0.6 is 12.2 Å². The van der Waals surface area contributed by atoms with E-state index in [-0.39, 0.29) is 0 Å². The molecule has 148 valence electrons. The molecule has 0 amide bonds. The van der Waals surface area contributed by atoms with Gasteiger partial charge in [-0.3, -0.25) is 4.90 Å². The van der Waals surface area contributed by atoms with Crippen LogP contribution in [0.5, 0.6) is 11.5 Å². The van der Waals surface area contributed by atoms with Gasteiger partial charge in [-0.15, -0.1) is 5.10 Å². The molecule has 8 heteroatoms. The minimum atomic E-state index is 0.332. The number of hydrogen-bond donors (Lipinski definition) is 0. The lowest BCUT2D eigenvalue weighted by molar-refractivity contribution is 0.185. The second-order valence-electron chi connectivity index (χ2n) is 6.53. The maximum Gasteiger partial charge on any atom is 0.288 e. The summed E-state index contributed by atoms with van der Waals surface area (Å²) in [4.78, 5) is 2.61. The number of nitrogens with zero attached hydrogens (tertiary/aromatic N) is 3. The fourth-order valence-corrected chi connectivity index (χ4v) is 3.54. The zero-order valence-electron chi connectivity index (χ0n) is 16.0. The van der Waals surface area contributed by atoms with E-state index in [1.165, 1.54) is 11.1 Å². The third-order valence-corrected chi connectivity index (χ3v) is 4.92. The number of furan rings is 1. The fourth-order valence-electron chi connectivity index (χ4n) is 3.36. The largest absolute Gasteiger partial charge is 0.490 e. The van der Waals surface area contributed by atoms with Crippen LogP contribution in [0.3, 0.4) is 0 Å². The number of benzene rings is 1. The van der Waals surface area contributed by atoms with E-state index in [1.54, 1.807) is 23.1 Å². The van der Waals surface area contributed by atoms with Gasteiger partial charge in [-0.2, -0.15) is 0 Å². The maximum atomic E-state index is 5.77. The second kappa shape index (κ2) is 8.20. The minimum Gasteiger partial charge on any atom is -0.490 e. The molecule has 3 heterocycles. The summed E-state index contributed by atoms with van der Waals surface area (Å²) in [5, 5.41) is 4.45. The van der Waals surface area contributed by atoms with Crippen LogP contribution in [-0.4, -0.2) is 34.4 Å². The van der Waals surface area contributed by atoms with Crippen LogP contribution in [0.25, 0.3) is 11.7 Å².